The molecule has 5 nitrogen and oxygen atoms in total. The number of carbonyl (C=O) groups is 1. The van der Waals surface area contributed by atoms with Crippen molar-refractivity contribution >= 4 is 39.8 Å². The first-order chi connectivity index (χ1) is 11.6. The summed E-state index contributed by atoms with van der Waals surface area (Å²) >= 11 is 2.80. The molecule has 3 rings (SSSR count). The summed E-state index contributed by atoms with van der Waals surface area (Å²) in [5.74, 6) is 0.269. The fourth-order valence-electron chi connectivity index (χ4n) is 2.65. The highest BCUT2D eigenvalue weighted by atomic mass is 32.2. The number of piperidine rings is 1. The van der Waals surface area contributed by atoms with Crippen LogP contribution in [0.25, 0.3) is 0 Å². The average molecular weight is 366 g/mol. The van der Waals surface area contributed by atoms with Gasteiger partial charge in [-0.25, -0.2) is 4.39 Å². The summed E-state index contributed by atoms with van der Waals surface area (Å²) in [5.41, 5.74) is 0.752. The van der Waals surface area contributed by atoms with E-state index < -0.39 is 0 Å². The topological polar surface area (TPSA) is 58.1 Å². The van der Waals surface area contributed by atoms with Crippen LogP contribution < -0.4 is 5.32 Å². The van der Waals surface area contributed by atoms with Crippen LogP contribution in [0.2, 0.25) is 0 Å². The Bertz CT molecular complexity index is 692. The Balaban J connectivity index is 1.52. The fraction of sp³-hybridized carbons (Fsp3) is 0.438. The van der Waals surface area contributed by atoms with Gasteiger partial charge in [-0.15, -0.1) is 10.2 Å². The molecule has 1 aliphatic heterocycles. The summed E-state index contributed by atoms with van der Waals surface area (Å²) in [5, 5.41) is 11.9. The number of benzene rings is 1. The number of hydrogen-bond donors (Lipinski definition) is 1. The lowest BCUT2D eigenvalue weighted by Gasteiger charge is -2.33. The third-order valence-corrected chi connectivity index (χ3v) is 5.90. The molecular weight excluding hydrogens is 347 g/mol. The Morgan fingerprint density at radius 1 is 1.38 bits per heavy atom. The lowest BCUT2D eigenvalue weighted by molar-refractivity contribution is -0.131. The molecule has 1 fully saturated rings. The number of amides is 1. The van der Waals surface area contributed by atoms with Crippen LogP contribution >= 0.6 is 23.1 Å². The molecule has 8 heteroatoms. The zero-order valence-electron chi connectivity index (χ0n) is 13.4. The van der Waals surface area contributed by atoms with Crippen LogP contribution in [0, 0.1) is 5.82 Å². The minimum Gasteiger partial charge on any atom is -0.339 e. The average Bonchev–Trinajstić information content (AvgIpc) is 3.03. The Morgan fingerprint density at radius 3 is 2.92 bits per heavy atom. The predicted octanol–water partition coefficient (Wildman–Crippen LogP) is 3.91. The second kappa shape index (κ2) is 7.94. The fourth-order valence-corrected chi connectivity index (χ4v) is 4.31. The second-order valence-corrected chi connectivity index (χ2v) is 7.93. The van der Waals surface area contributed by atoms with Crippen molar-refractivity contribution in [2.75, 3.05) is 17.6 Å². The molecular formula is C16H19FN4OS2. The van der Waals surface area contributed by atoms with Gasteiger partial charge in [0.1, 0.15) is 5.82 Å². The number of aromatic nitrogens is 2. The molecule has 1 aromatic heterocycles. The first kappa shape index (κ1) is 17.2. The van der Waals surface area contributed by atoms with Crippen molar-refractivity contribution in [3.63, 3.8) is 0 Å². The first-order valence-corrected chi connectivity index (χ1v) is 9.70. The van der Waals surface area contributed by atoms with Crippen molar-refractivity contribution < 1.29 is 9.18 Å². The number of thioether (sulfide) groups is 1. The van der Waals surface area contributed by atoms with E-state index in [4.69, 9.17) is 0 Å². The molecule has 1 N–H and O–H groups in total. The number of hydrogen-bond acceptors (Lipinski definition) is 6. The van der Waals surface area contributed by atoms with Crippen LogP contribution in [0.15, 0.2) is 28.6 Å². The standard InChI is InChI=1S/C16H19FN4OS2/c1-11-4-2-3-9-21(11)14(22)10-23-16-20-19-15(24-16)18-13-7-5-12(17)6-8-13/h5-8,11H,2-4,9-10H2,1H3,(H,18,19)/t11-/m0/s1. The molecule has 1 saturated heterocycles. The van der Waals surface area contributed by atoms with Crippen LogP contribution in [0.5, 0.6) is 0 Å². The smallest absolute Gasteiger partial charge is 0.233 e. The van der Waals surface area contributed by atoms with E-state index in [1.165, 1.54) is 41.7 Å². The number of carbonyl (C=O) groups excluding carboxylic acids is 1. The molecule has 1 aliphatic rings. The largest absolute Gasteiger partial charge is 0.339 e. The van der Waals surface area contributed by atoms with Gasteiger partial charge in [0.25, 0.3) is 0 Å². The van der Waals surface area contributed by atoms with E-state index in [0.717, 1.165) is 29.4 Å². The molecule has 1 atom stereocenters. The summed E-state index contributed by atoms with van der Waals surface area (Å²) < 4.78 is 13.6. The molecule has 2 aromatic rings. The lowest BCUT2D eigenvalue weighted by Crippen LogP contribution is -2.42. The minimum absolute atomic E-state index is 0.162. The molecule has 0 saturated carbocycles. The maximum Gasteiger partial charge on any atom is 0.233 e. The highest BCUT2D eigenvalue weighted by molar-refractivity contribution is 8.01. The molecule has 0 unspecified atom stereocenters. The maximum atomic E-state index is 12.9. The Hall–Kier alpha value is -1.67. The van der Waals surface area contributed by atoms with Gasteiger partial charge < -0.3 is 10.2 Å². The Labute approximate surface area is 148 Å². The van der Waals surface area contributed by atoms with Gasteiger partial charge in [-0.3, -0.25) is 4.79 Å². The van der Waals surface area contributed by atoms with E-state index in [1.54, 1.807) is 12.1 Å². The monoisotopic (exact) mass is 366 g/mol. The summed E-state index contributed by atoms with van der Waals surface area (Å²) in [4.78, 5) is 14.3. The van der Waals surface area contributed by atoms with Crippen LogP contribution in [0.4, 0.5) is 15.2 Å². The molecule has 24 heavy (non-hydrogen) atoms. The number of anilines is 2. The van der Waals surface area contributed by atoms with Gasteiger partial charge in [-0.05, 0) is 50.5 Å². The maximum absolute atomic E-state index is 12.9. The van der Waals surface area contributed by atoms with E-state index >= 15 is 0 Å². The summed E-state index contributed by atoms with van der Waals surface area (Å²) in [7, 11) is 0. The zero-order chi connectivity index (χ0) is 16.9. The van der Waals surface area contributed by atoms with E-state index in [2.05, 4.69) is 22.4 Å². The van der Waals surface area contributed by atoms with E-state index in [9.17, 15) is 9.18 Å². The zero-order valence-corrected chi connectivity index (χ0v) is 15.0. The van der Waals surface area contributed by atoms with Crippen molar-refractivity contribution in [3.05, 3.63) is 30.1 Å². The number of nitrogens with one attached hydrogen (secondary N) is 1. The summed E-state index contributed by atoms with van der Waals surface area (Å²) in [6, 6.07) is 6.39. The third-order valence-electron chi connectivity index (χ3n) is 3.94. The molecule has 0 spiro atoms. The van der Waals surface area contributed by atoms with Crippen LogP contribution in [0.1, 0.15) is 26.2 Å². The number of nitrogens with zero attached hydrogens (tertiary/aromatic N) is 3. The summed E-state index contributed by atoms with van der Waals surface area (Å²) in [6.45, 7) is 2.96. The van der Waals surface area contributed by atoms with Crippen LogP contribution in [0.3, 0.4) is 0 Å². The highest BCUT2D eigenvalue weighted by Crippen LogP contribution is 2.28. The van der Waals surface area contributed by atoms with Gasteiger partial charge in [0.15, 0.2) is 4.34 Å². The Kier molecular flexibility index (Phi) is 5.68. The molecule has 0 aliphatic carbocycles. The Morgan fingerprint density at radius 2 is 2.17 bits per heavy atom. The van der Waals surface area contributed by atoms with Gasteiger partial charge in [0.05, 0.1) is 5.75 Å². The lowest BCUT2D eigenvalue weighted by atomic mass is 10.0. The van der Waals surface area contributed by atoms with Crippen molar-refractivity contribution in [1.82, 2.24) is 15.1 Å². The van der Waals surface area contributed by atoms with Crippen LogP contribution in [-0.4, -0.2) is 39.3 Å². The van der Waals surface area contributed by atoms with Gasteiger partial charge in [-0.2, -0.15) is 0 Å². The van der Waals surface area contributed by atoms with Crippen LogP contribution in [-0.2, 0) is 4.79 Å². The van der Waals surface area contributed by atoms with E-state index in [-0.39, 0.29) is 11.7 Å². The first-order valence-electron chi connectivity index (χ1n) is 7.90. The predicted molar refractivity (Wildman–Crippen MR) is 95.3 cm³/mol. The van der Waals surface area contributed by atoms with E-state index in [0.29, 0.717) is 16.9 Å². The number of halogens is 1. The minimum atomic E-state index is -0.278. The molecule has 2 heterocycles. The molecule has 1 aromatic carbocycles. The normalized spacial score (nSPS) is 17.8. The number of rotatable bonds is 5. The van der Waals surface area contributed by atoms with Crippen molar-refractivity contribution in [1.29, 1.82) is 0 Å². The van der Waals surface area contributed by atoms with Gasteiger partial charge in [-0.1, -0.05) is 23.1 Å². The SMILES string of the molecule is C[C@H]1CCCCN1C(=O)CSc1nnc(Nc2ccc(F)cc2)s1. The summed E-state index contributed by atoms with van der Waals surface area (Å²) in [6.07, 6.45) is 3.37. The highest BCUT2D eigenvalue weighted by Gasteiger charge is 2.23. The van der Waals surface area contributed by atoms with Crippen molar-refractivity contribution in [2.24, 2.45) is 0 Å². The third kappa shape index (κ3) is 4.45. The quantitative estimate of drug-likeness (QED) is 0.813. The molecule has 1 amide bonds. The van der Waals surface area contributed by atoms with Crippen molar-refractivity contribution in [3.8, 4) is 0 Å². The second-order valence-electron chi connectivity index (χ2n) is 5.73. The van der Waals surface area contributed by atoms with Gasteiger partial charge >= 0.3 is 0 Å². The van der Waals surface area contributed by atoms with Gasteiger partial charge in [0, 0.05) is 18.3 Å². The van der Waals surface area contributed by atoms with E-state index in [1.807, 2.05) is 4.90 Å². The number of likely N-dealkylation sites (tertiary alicyclic amines) is 1. The molecule has 0 radical (unpaired) electrons. The van der Waals surface area contributed by atoms with Crippen molar-refractivity contribution in [2.45, 2.75) is 36.6 Å². The molecule has 128 valence electrons. The van der Waals surface area contributed by atoms with Gasteiger partial charge in [0.2, 0.25) is 11.0 Å². The molecule has 0 bridgehead atoms.